The van der Waals surface area contributed by atoms with Crippen LogP contribution in [0.4, 0.5) is 0 Å². The van der Waals surface area contributed by atoms with Gasteiger partial charge in [-0.2, -0.15) is 0 Å². The maximum absolute atomic E-state index is 5.72. The minimum absolute atomic E-state index is 0.477. The largest absolute Gasteiger partial charge is 0.330 e. The summed E-state index contributed by atoms with van der Waals surface area (Å²) in [6.45, 7) is 5.43. The first-order valence-corrected chi connectivity index (χ1v) is 4.24. The quantitative estimate of drug-likeness (QED) is 0.596. The molecule has 0 aliphatic carbocycles. The second-order valence-corrected chi connectivity index (χ2v) is 3.31. The summed E-state index contributed by atoms with van der Waals surface area (Å²) in [6, 6.07) is 0. The van der Waals surface area contributed by atoms with E-state index in [1.807, 2.05) is 0 Å². The molecule has 0 saturated carbocycles. The number of rotatable bonds is 2. The van der Waals surface area contributed by atoms with E-state index in [9.17, 15) is 0 Å². The van der Waals surface area contributed by atoms with Gasteiger partial charge in [0.25, 0.3) is 0 Å². The Morgan fingerprint density at radius 1 is 1.40 bits per heavy atom. The Morgan fingerprint density at radius 3 is 2.30 bits per heavy atom. The van der Waals surface area contributed by atoms with Gasteiger partial charge in [0.05, 0.1) is 0 Å². The summed E-state index contributed by atoms with van der Waals surface area (Å²) < 4.78 is 0. The third kappa shape index (κ3) is 1.50. The molecule has 0 radical (unpaired) electrons. The molecular formula is C8H18N2. The minimum Gasteiger partial charge on any atom is -0.330 e. The van der Waals surface area contributed by atoms with E-state index in [2.05, 4.69) is 12.2 Å². The zero-order valence-corrected chi connectivity index (χ0v) is 6.82. The predicted octanol–water partition coefficient (Wildman–Crippen LogP) is 0.725. The molecule has 1 aliphatic rings. The molecule has 1 fully saturated rings. The van der Waals surface area contributed by atoms with Gasteiger partial charge in [0, 0.05) is 0 Å². The van der Waals surface area contributed by atoms with E-state index in [-0.39, 0.29) is 0 Å². The summed E-state index contributed by atoms with van der Waals surface area (Å²) >= 11 is 0. The molecular weight excluding hydrogens is 124 g/mol. The van der Waals surface area contributed by atoms with Crippen molar-refractivity contribution in [1.29, 1.82) is 0 Å². The summed E-state index contributed by atoms with van der Waals surface area (Å²) in [5.41, 5.74) is 6.20. The first-order valence-electron chi connectivity index (χ1n) is 4.24. The third-order valence-electron chi connectivity index (χ3n) is 2.85. The normalized spacial score (nSPS) is 24.6. The maximum atomic E-state index is 5.72. The van der Waals surface area contributed by atoms with Gasteiger partial charge in [-0.15, -0.1) is 0 Å². The Balaban J connectivity index is 2.44. The standard InChI is InChI=1S/C8H18N2/c1-2-8(7-9)3-5-10-6-4-8/h10H,2-7,9H2,1H3. The molecule has 2 nitrogen and oxygen atoms in total. The van der Waals surface area contributed by atoms with Gasteiger partial charge in [0.1, 0.15) is 0 Å². The van der Waals surface area contributed by atoms with E-state index in [0.717, 1.165) is 19.6 Å². The van der Waals surface area contributed by atoms with E-state index in [0.29, 0.717) is 5.41 Å². The van der Waals surface area contributed by atoms with Crippen molar-refractivity contribution in [2.45, 2.75) is 26.2 Å². The van der Waals surface area contributed by atoms with E-state index in [4.69, 9.17) is 5.73 Å². The van der Waals surface area contributed by atoms with Gasteiger partial charge in [0.2, 0.25) is 0 Å². The first kappa shape index (κ1) is 8.02. The fraction of sp³-hybridized carbons (Fsp3) is 1.00. The van der Waals surface area contributed by atoms with E-state index < -0.39 is 0 Å². The Kier molecular flexibility index (Phi) is 2.69. The van der Waals surface area contributed by atoms with Crippen molar-refractivity contribution in [2.75, 3.05) is 19.6 Å². The van der Waals surface area contributed by atoms with Gasteiger partial charge in [-0.1, -0.05) is 6.92 Å². The second kappa shape index (κ2) is 3.35. The molecule has 0 aromatic carbocycles. The van der Waals surface area contributed by atoms with Gasteiger partial charge >= 0.3 is 0 Å². The van der Waals surface area contributed by atoms with Crippen LogP contribution in [-0.2, 0) is 0 Å². The number of piperidine rings is 1. The molecule has 0 aromatic rings. The Labute approximate surface area is 63.2 Å². The summed E-state index contributed by atoms with van der Waals surface area (Å²) in [7, 11) is 0. The van der Waals surface area contributed by atoms with E-state index >= 15 is 0 Å². The zero-order valence-electron chi connectivity index (χ0n) is 6.82. The topological polar surface area (TPSA) is 38.0 Å². The fourth-order valence-corrected chi connectivity index (χ4v) is 1.66. The van der Waals surface area contributed by atoms with Gasteiger partial charge in [-0.3, -0.25) is 0 Å². The molecule has 0 unspecified atom stereocenters. The van der Waals surface area contributed by atoms with Crippen LogP contribution in [0.25, 0.3) is 0 Å². The lowest BCUT2D eigenvalue weighted by Crippen LogP contribution is -2.41. The number of hydrogen-bond acceptors (Lipinski definition) is 2. The van der Waals surface area contributed by atoms with Crippen LogP contribution in [0.2, 0.25) is 0 Å². The lowest BCUT2D eigenvalue weighted by atomic mass is 9.77. The van der Waals surface area contributed by atoms with Gasteiger partial charge in [-0.05, 0) is 44.3 Å². The fourth-order valence-electron chi connectivity index (χ4n) is 1.66. The van der Waals surface area contributed by atoms with Crippen molar-refractivity contribution in [3.8, 4) is 0 Å². The lowest BCUT2D eigenvalue weighted by Gasteiger charge is -2.35. The number of nitrogens with one attached hydrogen (secondary N) is 1. The van der Waals surface area contributed by atoms with Crippen molar-refractivity contribution >= 4 is 0 Å². The maximum Gasteiger partial charge on any atom is -0.00197 e. The lowest BCUT2D eigenvalue weighted by molar-refractivity contribution is 0.203. The molecule has 0 amide bonds. The molecule has 60 valence electrons. The molecule has 0 bridgehead atoms. The Bertz CT molecular complexity index is 89.4. The average molecular weight is 142 g/mol. The minimum atomic E-state index is 0.477. The highest BCUT2D eigenvalue weighted by Crippen LogP contribution is 2.30. The van der Waals surface area contributed by atoms with Crippen LogP contribution < -0.4 is 11.1 Å². The van der Waals surface area contributed by atoms with Crippen LogP contribution in [0, 0.1) is 5.41 Å². The summed E-state index contributed by atoms with van der Waals surface area (Å²) in [4.78, 5) is 0. The summed E-state index contributed by atoms with van der Waals surface area (Å²) in [5.74, 6) is 0. The molecule has 1 rings (SSSR count). The van der Waals surface area contributed by atoms with E-state index in [1.54, 1.807) is 0 Å². The average Bonchev–Trinajstić information content (AvgIpc) is 2.06. The van der Waals surface area contributed by atoms with E-state index in [1.165, 1.54) is 19.3 Å². The molecule has 0 spiro atoms. The summed E-state index contributed by atoms with van der Waals surface area (Å²) in [5, 5.41) is 3.35. The van der Waals surface area contributed by atoms with Crippen molar-refractivity contribution in [2.24, 2.45) is 11.1 Å². The third-order valence-corrected chi connectivity index (χ3v) is 2.85. The van der Waals surface area contributed by atoms with Crippen LogP contribution in [0.3, 0.4) is 0 Å². The molecule has 0 atom stereocenters. The smallest absolute Gasteiger partial charge is 0.00197 e. The molecule has 1 heterocycles. The van der Waals surface area contributed by atoms with Crippen LogP contribution in [0.15, 0.2) is 0 Å². The second-order valence-electron chi connectivity index (χ2n) is 3.31. The molecule has 3 N–H and O–H groups in total. The van der Waals surface area contributed by atoms with Crippen molar-refractivity contribution in [3.05, 3.63) is 0 Å². The number of nitrogens with two attached hydrogens (primary N) is 1. The molecule has 2 heteroatoms. The van der Waals surface area contributed by atoms with Gasteiger partial charge in [-0.25, -0.2) is 0 Å². The molecule has 10 heavy (non-hydrogen) atoms. The van der Waals surface area contributed by atoms with Gasteiger partial charge < -0.3 is 11.1 Å². The monoisotopic (exact) mass is 142 g/mol. The summed E-state index contributed by atoms with van der Waals surface area (Å²) in [6.07, 6.45) is 3.77. The Morgan fingerprint density at radius 2 is 2.00 bits per heavy atom. The van der Waals surface area contributed by atoms with Crippen molar-refractivity contribution < 1.29 is 0 Å². The van der Waals surface area contributed by atoms with Crippen molar-refractivity contribution in [3.63, 3.8) is 0 Å². The molecule has 0 aromatic heterocycles. The Hall–Kier alpha value is -0.0800. The highest BCUT2D eigenvalue weighted by molar-refractivity contribution is 4.83. The van der Waals surface area contributed by atoms with Gasteiger partial charge in [0.15, 0.2) is 0 Å². The SMILES string of the molecule is CCC1(CN)CCNCC1. The predicted molar refractivity (Wildman–Crippen MR) is 43.9 cm³/mol. The van der Waals surface area contributed by atoms with Crippen LogP contribution in [-0.4, -0.2) is 19.6 Å². The van der Waals surface area contributed by atoms with Crippen LogP contribution in [0.1, 0.15) is 26.2 Å². The molecule has 1 saturated heterocycles. The first-order chi connectivity index (χ1) is 4.83. The highest BCUT2D eigenvalue weighted by Gasteiger charge is 2.27. The molecule has 1 aliphatic heterocycles. The van der Waals surface area contributed by atoms with Crippen molar-refractivity contribution in [1.82, 2.24) is 5.32 Å². The zero-order chi connectivity index (χ0) is 7.45. The van der Waals surface area contributed by atoms with Crippen LogP contribution in [0.5, 0.6) is 0 Å². The number of hydrogen-bond donors (Lipinski definition) is 2. The highest BCUT2D eigenvalue weighted by atomic mass is 14.9. The van der Waals surface area contributed by atoms with Crippen LogP contribution >= 0.6 is 0 Å².